The van der Waals surface area contributed by atoms with E-state index in [1.54, 1.807) is 19.1 Å². The van der Waals surface area contributed by atoms with Gasteiger partial charge in [0.25, 0.3) is 5.91 Å². The molecule has 0 radical (unpaired) electrons. The second kappa shape index (κ2) is 5.83. The van der Waals surface area contributed by atoms with Crippen LogP contribution < -0.4 is 5.32 Å². The Morgan fingerprint density at radius 2 is 1.83 bits per heavy atom. The van der Waals surface area contributed by atoms with Gasteiger partial charge in [-0.1, -0.05) is 30.3 Å². The fourth-order valence-electron chi connectivity index (χ4n) is 2.78. The summed E-state index contributed by atoms with van der Waals surface area (Å²) in [6, 6.07) is 13.2. The van der Waals surface area contributed by atoms with Crippen molar-refractivity contribution in [2.75, 3.05) is 0 Å². The summed E-state index contributed by atoms with van der Waals surface area (Å²) in [6.07, 6.45) is 1.77. The number of carboxylic acid groups (broad SMARTS) is 1. The number of aliphatic carboxylic acids is 1. The quantitative estimate of drug-likeness (QED) is 0.910. The van der Waals surface area contributed by atoms with Gasteiger partial charge >= 0.3 is 5.97 Å². The fraction of sp³-hybridized carbons (Fsp3) is 0.278. The topological polar surface area (TPSA) is 79.3 Å². The lowest BCUT2D eigenvalue weighted by Crippen LogP contribution is -2.59. The molecule has 3 rings (SSSR count). The minimum Gasteiger partial charge on any atom is -0.480 e. The average Bonchev–Trinajstić information content (AvgIpc) is 2.51. The third-order valence-corrected chi connectivity index (χ3v) is 4.37. The van der Waals surface area contributed by atoms with Gasteiger partial charge in [0, 0.05) is 5.56 Å². The third-order valence-electron chi connectivity index (χ3n) is 4.37. The normalized spacial score (nSPS) is 15.5. The van der Waals surface area contributed by atoms with E-state index in [1.165, 1.54) is 0 Å². The summed E-state index contributed by atoms with van der Waals surface area (Å²) in [5, 5.41) is 12.0. The van der Waals surface area contributed by atoms with Crippen LogP contribution in [0, 0.1) is 6.92 Å². The molecule has 1 amide bonds. The Bertz CT molecular complexity index is 752. The van der Waals surface area contributed by atoms with Crippen molar-refractivity contribution < 1.29 is 14.7 Å². The third kappa shape index (κ3) is 2.82. The molecule has 23 heavy (non-hydrogen) atoms. The maximum absolute atomic E-state index is 12.4. The van der Waals surface area contributed by atoms with E-state index in [0.717, 1.165) is 17.7 Å². The molecule has 1 aliphatic carbocycles. The first-order valence-corrected chi connectivity index (χ1v) is 7.61. The van der Waals surface area contributed by atoms with E-state index >= 15 is 0 Å². The number of rotatable bonds is 4. The van der Waals surface area contributed by atoms with Crippen LogP contribution >= 0.6 is 0 Å². The van der Waals surface area contributed by atoms with Gasteiger partial charge in [-0.05, 0) is 38.3 Å². The molecule has 1 heterocycles. The van der Waals surface area contributed by atoms with Gasteiger partial charge in [0.15, 0.2) is 0 Å². The van der Waals surface area contributed by atoms with Crippen molar-refractivity contribution in [2.45, 2.75) is 31.7 Å². The number of nitrogens with one attached hydrogen (secondary N) is 1. The number of carbonyl (C=O) groups is 2. The van der Waals surface area contributed by atoms with Crippen LogP contribution in [0.3, 0.4) is 0 Å². The summed E-state index contributed by atoms with van der Waals surface area (Å²) in [4.78, 5) is 28.3. The van der Waals surface area contributed by atoms with E-state index in [0.29, 0.717) is 24.1 Å². The molecule has 1 aromatic carbocycles. The Balaban J connectivity index is 1.83. The van der Waals surface area contributed by atoms with E-state index in [1.807, 2.05) is 30.3 Å². The smallest absolute Gasteiger partial charge is 0.329 e. The van der Waals surface area contributed by atoms with Gasteiger partial charge in [-0.15, -0.1) is 0 Å². The number of nitrogens with zero attached hydrogens (tertiary/aromatic N) is 1. The molecular formula is C18H18N2O3. The maximum atomic E-state index is 12.4. The summed E-state index contributed by atoms with van der Waals surface area (Å²) >= 11 is 0. The second-order valence-electron chi connectivity index (χ2n) is 5.89. The minimum atomic E-state index is -1.11. The van der Waals surface area contributed by atoms with Crippen LogP contribution in [-0.4, -0.2) is 27.5 Å². The van der Waals surface area contributed by atoms with Crippen LogP contribution in [0.15, 0.2) is 42.5 Å². The van der Waals surface area contributed by atoms with Crippen molar-refractivity contribution >= 4 is 11.9 Å². The van der Waals surface area contributed by atoms with Gasteiger partial charge in [0.05, 0.1) is 17.0 Å². The monoisotopic (exact) mass is 310 g/mol. The molecule has 0 bridgehead atoms. The van der Waals surface area contributed by atoms with Crippen molar-refractivity contribution in [3.63, 3.8) is 0 Å². The SMILES string of the molecule is Cc1nc(-c2ccccc2)ccc1C(=O)NC1(C(=O)O)CCC1. The number of pyridine rings is 1. The van der Waals surface area contributed by atoms with Crippen LogP contribution in [0.4, 0.5) is 0 Å². The summed E-state index contributed by atoms with van der Waals surface area (Å²) < 4.78 is 0. The van der Waals surface area contributed by atoms with Gasteiger partial charge in [-0.2, -0.15) is 0 Å². The summed E-state index contributed by atoms with van der Waals surface area (Å²) in [7, 11) is 0. The maximum Gasteiger partial charge on any atom is 0.329 e. The van der Waals surface area contributed by atoms with Crippen molar-refractivity contribution in [3.05, 3.63) is 53.7 Å². The number of hydrogen-bond acceptors (Lipinski definition) is 3. The summed E-state index contributed by atoms with van der Waals surface area (Å²) in [5.74, 6) is -1.35. The van der Waals surface area contributed by atoms with E-state index in [2.05, 4.69) is 10.3 Å². The molecule has 2 aromatic rings. The van der Waals surface area contributed by atoms with Crippen molar-refractivity contribution in [3.8, 4) is 11.3 Å². The zero-order valence-corrected chi connectivity index (χ0v) is 12.9. The standard InChI is InChI=1S/C18H18N2O3/c1-12-14(16(21)20-18(17(22)23)10-5-11-18)8-9-15(19-12)13-6-3-2-4-7-13/h2-4,6-9H,5,10-11H2,1H3,(H,20,21)(H,22,23). The molecular weight excluding hydrogens is 292 g/mol. The number of carboxylic acids is 1. The Morgan fingerprint density at radius 3 is 2.35 bits per heavy atom. The molecule has 1 saturated carbocycles. The molecule has 5 heteroatoms. The predicted molar refractivity (Wildman–Crippen MR) is 86.1 cm³/mol. The first-order valence-electron chi connectivity index (χ1n) is 7.61. The largest absolute Gasteiger partial charge is 0.480 e. The lowest BCUT2D eigenvalue weighted by Gasteiger charge is -2.38. The zero-order chi connectivity index (χ0) is 16.4. The lowest BCUT2D eigenvalue weighted by molar-refractivity contribution is -0.148. The Hall–Kier alpha value is -2.69. The molecule has 0 unspecified atom stereocenters. The molecule has 0 atom stereocenters. The first kappa shape index (κ1) is 15.2. The van der Waals surface area contributed by atoms with Gasteiger partial charge in [0.2, 0.25) is 0 Å². The highest BCUT2D eigenvalue weighted by Crippen LogP contribution is 2.32. The number of aromatic nitrogens is 1. The van der Waals surface area contributed by atoms with Crippen LogP contribution in [0.1, 0.15) is 35.3 Å². The van der Waals surface area contributed by atoms with Crippen LogP contribution in [0.5, 0.6) is 0 Å². The molecule has 5 nitrogen and oxygen atoms in total. The van der Waals surface area contributed by atoms with Crippen molar-refractivity contribution in [1.82, 2.24) is 10.3 Å². The average molecular weight is 310 g/mol. The zero-order valence-electron chi connectivity index (χ0n) is 12.9. The van der Waals surface area contributed by atoms with E-state index < -0.39 is 11.5 Å². The van der Waals surface area contributed by atoms with Gasteiger partial charge in [0.1, 0.15) is 5.54 Å². The van der Waals surface area contributed by atoms with Gasteiger partial charge in [-0.25, -0.2) is 4.79 Å². The fourth-order valence-corrected chi connectivity index (χ4v) is 2.78. The van der Waals surface area contributed by atoms with E-state index in [-0.39, 0.29) is 5.91 Å². The number of hydrogen-bond donors (Lipinski definition) is 2. The predicted octanol–water partition coefficient (Wildman–Crippen LogP) is 2.79. The molecule has 1 aromatic heterocycles. The van der Waals surface area contributed by atoms with Gasteiger partial charge in [-0.3, -0.25) is 9.78 Å². The molecule has 0 saturated heterocycles. The highest BCUT2D eigenvalue weighted by atomic mass is 16.4. The molecule has 1 aliphatic rings. The molecule has 0 aliphatic heterocycles. The number of carbonyl (C=O) groups excluding carboxylic acids is 1. The van der Waals surface area contributed by atoms with Crippen LogP contribution in [0.25, 0.3) is 11.3 Å². The summed E-state index contributed by atoms with van der Waals surface area (Å²) in [5.41, 5.74) is 1.66. The van der Waals surface area contributed by atoms with Crippen molar-refractivity contribution in [2.24, 2.45) is 0 Å². The van der Waals surface area contributed by atoms with E-state index in [9.17, 15) is 14.7 Å². The van der Waals surface area contributed by atoms with Crippen LogP contribution in [-0.2, 0) is 4.79 Å². The Labute approximate surface area is 134 Å². The van der Waals surface area contributed by atoms with E-state index in [4.69, 9.17) is 0 Å². The number of benzene rings is 1. The molecule has 2 N–H and O–H groups in total. The highest BCUT2D eigenvalue weighted by Gasteiger charge is 2.45. The first-order chi connectivity index (χ1) is 11.0. The molecule has 1 fully saturated rings. The molecule has 0 spiro atoms. The minimum absolute atomic E-state index is 0.378. The van der Waals surface area contributed by atoms with Gasteiger partial charge < -0.3 is 10.4 Å². The lowest BCUT2D eigenvalue weighted by atomic mass is 9.76. The summed E-state index contributed by atoms with van der Waals surface area (Å²) in [6.45, 7) is 1.76. The molecule has 118 valence electrons. The Morgan fingerprint density at radius 1 is 1.13 bits per heavy atom. The number of amides is 1. The highest BCUT2D eigenvalue weighted by molar-refractivity contribution is 5.99. The van der Waals surface area contributed by atoms with Crippen molar-refractivity contribution in [1.29, 1.82) is 0 Å². The Kier molecular flexibility index (Phi) is 3.86. The number of aryl methyl sites for hydroxylation is 1. The van der Waals surface area contributed by atoms with Crippen LogP contribution in [0.2, 0.25) is 0 Å². The second-order valence-corrected chi connectivity index (χ2v) is 5.89.